The lowest BCUT2D eigenvalue weighted by Gasteiger charge is -2.34. The molecule has 0 aromatic heterocycles. The molecule has 2 nitrogen and oxygen atoms in total. The molecule has 0 amide bonds. The van der Waals surface area contributed by atoms with Gasteiger partial charge in [0, 0.05) is 6.61 Å². The van der Waals surface area contributed by atoms with Crippen molar-refractivity contribution in [3.63, 3.8) is 0 Å². The average Bonchev–Trinajstić information content (AvgIpc) is 2.36. The molecule has 0 bridgehead atoms. The second-order valence-corrected chi connectivity index (χ2v) is 9.99. The Morgan fingerprint density at radius 1 is 1.17 bits per heavy atom. The Kier molecular flexibility index (Phi) is 6.61. The maximum atomic E-state index is 5.89. The minimum absolute atomic E-state index is 0.904. The predicted octanol–water partition coefficient (Wildman–Crippen LogP) is 3.26. The Bertz CT molecular complexity index is 329. The summed E-state index contributed by atoms with van der Waals surface area (Å²) >= 11 is 0. The molecule has 0 aliphatic heterocycles. The van der Waals surface area contributed by atoms with Crippen LogP contribution in [0.3, 0.4) is 0 Å². The van der Waals surface area contributed by atoms with Crippen LogP contribution in [-0.2, 0) is 10.8 Å². The van der Waals surface area contributed by atoms with E-state index in [4.69, 9.17) is 4.74 Å². The standard InChI is InChI=1S/C15H27NOSi/c1-5-6-12-17-14-18(4,16(2)3)13-15-10-8-7-9-11-15/h7-11H,5-6,12-14H2,1-4H3. The largest absolute Gasteiger partial charge is 0.383 e. The first-order valence-electron chi connectivity index (χ1n) is 6.87. The van der Waals surface area contributed by atoms with Gasteiger partial charge in [-0.2, -0.15) is 0 Å². The lowest BCUT2D eigenvalue weighted by molar-refractivity contribution is 0.163. The summed E-state index contributed by atoms with van der Waals surface area (Å²) in [4.78, 5) is 0. The van der Waals surface area contributed by atoms with E-state index in [2.05, 4.69) is 62.5 Å². The van der Waals surface area contributed by atoms with Crippen molar-refractivity contribution < 1.29 is 4.74 Å². The van der Waals surface area contributed by atoms with Crippen LogP contribution >= 0.6 is 0 Å². The number of nitrogens with zero attached hydrogens (tertiary/aromatic N) is 1. The Hall–Kier alpha value is -0.643. The third-order valence-corrected chi connectivity index (χ3v) is 7.72. The van der Waals surface area contributed by atoms with Gasteiger partial charge in [-0.15, -0.1) is 0 Å². The number of hydrogen-bond acceptors (Lipinski definition) is 2. The zero-order valence-corrected chi connectivity index (χ0v) is 13.3. The molecule has 102 valence electrons. The van der Waals surface area contributed by atoms with Gasteiger partial charge in [0.05, 0.1) is 6.23 Å². The third-order valence-electron chi connectivity index (χ3n) is 3.56. The topological polar surface area (TPSA) is 12.5 Å². The quantitative estimate of drug-likeness (QED) is 0.528. The molecule has 0 heterocycles. The molecule has 1 unspecified atom stereocenters. The summed E-state index contributed by atoms with van der Waals surface area (Å²) in [7, 11) is 2.88. The summed E-state index contributed by atoms with van der Waals surface area (Å²) in [6, 6.07) is 11.9. The molecule has 0 N–H and O–H groups in total. The molecule has 0 spiro atoms. The molecule has 0 aliphatic rings. The lowest BCUT2D eigenvalue weighted by Crippen LogP contribution is -2.53. The zero-order chi connectivity index (χ0) is 13.4. The van der Waals surface area contributed by atoms with E-state index < -0.39 is 8.24 Å². The fourth-order valence-corrected chi connectivity index (χ4v) is 4.29. The fraction of sp³-hybridized carbons (Fsp3) is 0.600. The molecule has 1 rings (SSSR count). The normalized spacial score (nSPS) is 14.7. The van der Waals surface area contributed by atoms with E-state index in [1.165, 1.54) is 18.4 Å². The van der Waals surface area contributed by atoms with E-state index in [-0.39, 0.29) is 0 Å². The molecule has 18 heavy (non-hydrogen) atoms. The highest BCUT2D eigenvalue weighted by Crippen LogP contribution is 2.15. The average molecular weight is 265 g/mol. The Morgan fingerprint density at radius 3 is 2.39 bits per heavy atom. The molecule has 3 heteroatoms. The van der Waals surface area contributed by atoms with Crippen molar-refractivity contribution in [3.8, 4) is 0 Å². The first kappa shape index (κ1) is 15.4. The van der Waals surface area contributed by atoms with Gasteiger partial charge in [-0.3, -0.25) is 0 Å². The molecule has 0 radical (unpaired) electrons. The van der Waals surface area contributed by atoms with Crippen molar-refractivity contribution in [2.45, 2.75) is 32.4 Å². The molecule has 1 aromatic rings. The fourth-order valence-electron chi connectivity index (χ4n) is 1.91. The van der Waals surface area contributed by atoms with E-state index in [0.29, 0.717) is 0 Å². The van der Waals surface area contributed by atoms with Gasteiger partial charge >= 0.3 is 0 Å². The number of rotatable bonds is 8. The number of benzene rings is 1. The Morgan fingerprint density at radius 2 is 1.83 bits per heavy atom. The van der Waals surface area contributed by atoms with Crippen LogP contribution in [0.25, 0.3) is 0 Å². The molecular formula is C15H27NOSi. The summed E-state index contributed by atoms with van der Waals surface area (Å²) in [6.45, 7) is 5.52. The second-order valence-electron chi connectivity index (χ2n) is 5.46. The molecule has 1 aromatic carbocycles. The molecule has 0 fully saturated rings. The van der Waals surface area contributed by atoms with Crippen LogP contribution in [0, 0.1) is 0 Å². The van der Waals surface area contributed by atoms with Crippen molar-refractivity contribution in [1.29, 1.82) is 0 Å². The van der Waals surface area contributed by atoms with E-state index >= 15 is 0 Å². The summed E-state index contributed by atoms with van der Waals surface area (Å²) in [5.41, 5.74) is 1.43. The highest BCUT2D eigenvalue weighted by atomic mass is 28.3. The minimum atomic E-state index is -1.51. The molecular weight excluding hydrogens is 238 g/mol. The van der Waals surface area contributed by atoms with E-state index in [1.54, 1.807) is 0 Å². The minimum Gasteiger partial charge on any atom is -0.383 e. The van der Waals surface area contributed by atoms with Crippen molar-refractivity contribution in [2.24, 2.45) is 0 Å². The van der Waals surface area contributed by atoms with Gasteiger partial charge < -0.3 is 9.30 Å². The lowest BCUT2D eigenvalue weighted by atomic mass is 10.2. The summed E-state index contributed by atoms with van der Waals surface area (Å²) in [6.07, 6.45) is 3.30. The van der Waals surface area contributed by atoms with Crippen molar-refractivity contribution >= 4 is 8.24 Å². The Balaban J connectivity index is 2.57. The summed E-state index contributed by atoms with van der Waals surface area (Å²) < 4.78 is 8.30. The van der Waals surface area contributed by atoms with Gasteiger partial charge in [-0.1, -0.05) is 50.2 Å². The van der Waals surface area contributed by atoms with Gasteiger partial charge in [0.2, 0.25) is 0 Å². The van der Waals surface area contributed by atoms with Crippen LogP contribution in [-0.4, -0.2) is 39.7 Å². The molecule has 0 saturated heterocycles. The smallest absolute Gasteiger partial charge is 0.156 e. The molecule has 1 atom stereocenters. The summed E-state index contributed by atoms with van der Waals surface area (Å²) in [5.74, 6) is 0. The van der Waals surface area contributed by atoms with E-state index in [1.807, 2.05) is 0 Å². The highest BCUT2D eigenvalue weighted by Gasteiger charge is 2.30. The highest BCUT2D eigenvalue weighted by molar-refractivity contribution is 6.75. The van der Waals surface area contributed by atoms with Crippen LogP contribution < -0.4 is 0 Å². The Labute approximate surface area is 113 Å². The number of unbranched alkanes of at least 4 members (excludes halogenated alkanes) is 1. The molecule has 0 aliphatic carbocycles. The maximum Gasteiger partial charge on any atom is 0.156 e. The second kappa shape index (κ2) is 7.72. The van der Waals surface area contributed by atoms with Crippen LogP contribution in [0.15, 0.2) is 30.3 Å². The first-order valence-corrected chi connectivity index (χ1v) is 9.74. The van der Waals surface area contributed by atoms with Crippen LogP contribution in [0.2, 0.25) is 6.55 Å². The van der Waals surface area contributed by atoms with Crippen LogP contribution in [0.1, 0.15) is 25.3 Å². The summed E-state index contributed by atoms with van der Waals surface area (Å²) in [5, 5.41) is 0. The number of hydrogen-bond donors (Lipinski definition) is 0. The van der Waals surface area contributed by atoms with E-state index in [9.17, 15) is 0 Å². The van der Waals surface area contributed by atoms with Crippen LogP contribution in [0.5, 0.6) is 0 Å². The zero-order valence-electron chi connectivity index (χ0n) is 12.3. The van der Waals surface area contributed by atoms with Crippen LogP contribution in [0.4, 0.5) is 0 Å². The van der Waals surface area contributed by atoms with Crippen molar-refractivity contribution in [3.05, 3.63) is 35.9 Å². The van der Waals surface area contributed by atoms with E-state index in [0.717, 1.165) is 18.9 Å². The first-order chi connectivity index (χ1) is 8.58. The predicted molar refractivity (Wildman–Crippen MR) is 81.2 cm³/mol. The van der Waals surface area contributed by atoms with Gasteiger partial charge in [0.25, 0.3) is 0 Å². The maximum absolute atomic E-state index is 5.89. The van der Waals surface area contributed by atoms with Gasteiger partial charge in [0.1, 0.15) is 0 Å². The third kappa shape index (κ3) is 4.92. The van der Waals surface area contributed by atoms with Crippen molar-refractivity contribution in [1.82, 2.24) is 4.57 Å². The van der Waals surface area contributed by atoms with Gasteiger partial charge in [-0.25, -0.2) is 0 Å². The van der Waals surface area contributed by atoms with Gasteiger partial charge in [-0.05, 0) is 32.1 Å². The number of ether oxygens (including phenoxy) is 1. The monoisotopic (exact) mass is 265 g/mol. The molecule has 0 saturated carbocycles. The SMILES string of the molecule is CCCCOC[Si](C)(Cc1ccccc1)N(C)C. The van der Waals surface area contributed by atoms with Gasteiger partial charge in [0.15, 0.2) is 8.24 Å². The van der Waals surface area contributed by atoms with Crippen molar-refractivity contribution in [2.75, 3.05) is 26.9 Å².